The van der Waals surface area contributed by atoms with Crippen molar-refractivity contribution in [3.63, 3.8) is 0 Å². The van der Waals surface area contributed by atoms with Gasteiger partial charge < -0.3 is 4.90 Å². The Morgan fingerprint density at radius 2 is 1.17 bits per heavy atom. The lowest BCUT2D eigenvalue weighted by Crippen LogP contribution is -2.14. The Morgan fingerprint density at radius 1 is 0.500 bits per heavy atom. The van der Waals surface area contributed by atoms with Crippen LogP contribution in [0.15, 0.2) is 219 Å². The summed E-state index contributed by atoms with van der Waals surface area (Å²) in [5, 5.41) is 0. The number of benzene rings is 6. The van der Waals surface area contributed by atoms with Gasteiger partial charge in [0.15, 0.2) is 0 Å². The molecule has 1 nitrogen and oxygen atoms in total. The van der Waals surface area contributed by atoms with Crippen LogP contribution in [-0.4, -0.2) is 0 Å². The summed E-state index contributed by atoms with van der Waals surface area (Å²) >= 11 is 0. The van der Waals surface area contributed by atoms with Crippen LogP contribution < -0.4 is 4.90 Å². The van der Waals surface area contributed by atoms with Crippen LogP contribution in [0.4, 0.5) is 11.4 Å². The van der Waals surface area contributed by atoms with Crippen molar-refractivity contribution in [1.82, 2.24) is 0 Å². The maximum absolute atomic E-state index is 4.00. The summed E-state index contributed by atoms with van der Waals surface area (Å²) < 4.78 is 0. The molecule has 7 rings (SSSR count). The van der Waals surface area contributed by atoms with E-state index in [2.05, 4.69) is 196 Å². The van der Waals surface area contributed by atoms with Crippen LogP contribution in [0.1, 0.15) is 25.0 Å². The Balaban J connectivity index is 1.29. The van der Waals surface area contributed by atoms with Gasteiger partial charge in [0.05, 0.1) is 0 Å². The number of anilines is 2. The largest absolute Gasteiger partial charge is 0.317 e. The number of fused-ring (bicyclic) bond motifs is 3. The molecule has 0 spiro atoms. The van der Waals surface area contributed by atoms with E-state index in [1.165, 1.54) is 55.6 Å². The Morgan fingerprint density at radius 3 is 1.96 bits per heavy atom. The lowest BCUT2D eigenvalue weighted by molar-refractivity contribution is 0.660. The average Bonchev–Trinajstić information content (AvgIpc) is 3.43. The monoisotopic (exact) mass is 669 g/mol. The molecule has 0 radical (unpaired) electrons. The van der Waals surface area contributed by atoms with E-state index in [1.807, 2.05) is 30.4 Å². The summed E-state index contributed by atoms with van der Waals surface area (Å²) in [6.45, 7) is 12.4. The van der Waals surface area contributed by atoms with Crippen molar-refractivity contribution in [2.45, 2.75) is 19.3 Å². The van der Waals surface area contributed by atoms with Crippen molar-refractivity contribution in [2.75, 3.05) is 4.90 Å². The third-order valence-electron chi connectivity index (χ3n) is 9.90. The summed E-state index contributed by atoms with van der Waals surface area (Å²) in [6, 6.07) is 52.8. The smallest absolute Gasteiger partial charge is 0.0462 e. The van der Waals surface area contributed by atoms with Gasteiger partial charge in [0.25, 0.3) is 0 Å². The highest BCUT2D eigenvalue weighted by molar-refractivity contribution is 5.89. The molecule has 1 heteroatoms. The van der Waals surface area contributed by atoms with Gasteiger partial charge in [-0.1, -0.05) is 179 Å². The van der Waals surface area contributed by atoms with Gasteiger partial charge >= 0.3 is 0 Å². The Labute approximate surface area is 309 Å². The molecule has 0 unspecified atom stereocenters. The maximum atomic E-state index is 4.00. The molecule has 0 fully saturated rings. The fourth-order valence-corrected chi connectivity index (χ4v) is 7.19. The molecule has 1 aliphatic rings. The van der Waals surface area contributed by atoms with E-state index < -0.39 is 0 Å². The van der Waals surface area contributed by atoms with Crippen LogP contribution in [0.25, 0.3) is 44.5 Å². The van der Waals surface area contributed by atoms with Gasteiger partial charge in [0, 0.05) is 23.0 Å². The van der Waals surface area contributed by atoms with E-state index in [-0.39, 0.29) is 5.41 Å². The van der Waals surface area contributed by atoms with Gasteiger partial charge in [-0.3, -0.25) is 0 Å². The van der Waals surface area contributed by atoms with Crippen molar-refractivity contribution >= 4 is 11.4 Å². The molecule has 0 aromatic heterocycles. The molecule has 252 valence electrons. The quantitative estimate of drug-likeness (QED) is 0.124. The first-order valence-electron chi connectivity index (χ1n) is 17.8. The zero-order valence-electron chi connectivity index (χ0n) is 29.9. The first kappa shape index (κ1) is 34.0. The zero-order valence-corrected chi connectivity index (χ0v) is 29.9. The number of para-hydroxylation sites is 1. The summed E-state index contributed by atoms with van der Waals surface area (Å²) in [5.74, 6) is 0. The highest BCUT2D eigenvalue weighted by Crippen LogP contribution is 2.49. The van der Waals surface area contributed by atoms with Crippen LogP contribution >= 0.6 is 0 Å². The molecule has 0 N–H and O–H groups in total. The number of allylic oxidation sites excluding steroid dienone is 9. The topological polar surface area (TPSA) is 3.24 Å². The molecular weight excluding hydrogens is 627 g/mol. The molecule has 0 atom stereocenters. The SMILES string of the molecule is C=C\C=C/C=C/C(C=C)=C/C=C/N(c1ccccc1)c1ccc(-c2cccc(-c3ccc4c(c3)C(C)(C)c3ccccc3-4)c2)c(-c2ccccc2)c1. The Bertz CT molecular complexity index is 2350. The normalized spacial score (nSPS) is 13.4. The minimum Gasteiger partial charge on any atom is -0.317 e. The Kier molecular flexibility index (Phi) is 9.95. The van der Waals surface area contributed by atoms with E-state index in [9.17, 15) is 0 Å². The highest BCUT2D eigenvalue weighted by Gasteiger charge is 2.35. The van der Waals surface area contributed by atoms with Crippen molar-refractivity contribution < 1.29 is 0 Å². The maximum Gasteiger partial charge on any atom is 0.0462 e. The molecule has 0 saturated heterocycles. The van der Waals surface area contributed by atoms with E-state index in [0.29, 0.717) is 0 Å². The molecule has 6 aromatic carbocycles. The molecule has 0 saturated carbocycles. The molecule has 1 aliphatic carbocycles. The second kappa shape index (κ2) is 15.2. The van der Waals surface area contributed by atoms with Gasteiger partial charge in [-0.05, 0) is 104 Å². The van der Waals surface area contributed by atoms with E-state index in [4.69, 9.17) is 0 Å². The fraction of sp³-hybridized carbons (Fsp3) is 0.0588. The van der Waals surface area contributed by atoms with Crippen LogP contribution in [0.2, 0.25) is 0 Å². The number of rotatable bonds is 11. The third kappa shape index (κ3) is 6.95. The predicted octanol–water partition coefficient (Wildman–Crippen LogP) is 14.1. The van der Waals surface area contributed by atoms with Crippen LogP contribution in [0.3, 0.4) is 0 Å². The number of nitrogens with zero attached hydrogens (tertiary/aromatic N) is 1. The van der Waals surface area contributed by atoms with Crippen LogP contribution in [0.5, 0.6) is 0 Å². The van der Waals surface area contributed by atoms with Crippen molar-refractivity contribution in [2.24, 2.45) is 0 Å². The van der Waals surface area contributed by atoms with Crippen molar-refractivity contribution in [3.8, 4) is 44.5 Å². The minimum absolute atomic E-state index is 0.0442. The fourth-order valence-electron chi connectivity index (χ4n) is 7.19. The predicted molar refractivity (Wildman–Crippen MR) is 225 cm³/mol. The van der Waals surface area contributed by atoms with E-state index in [1.54, 1.807) is 6.08 Å². The van der Waals surface area contributed by atoms with Gasteiger partial charge in [-0.2, -0.15) is 0 Å². The standard InChI is InChI=1S/C51H43N/c1-5-7-8-11-20-38(6-2)21-19-34-52(43-26-14-10-15-27-43)44-31-33-45(48(37-44)39-22-12-9-13-23-39)42-25-18-24-40(35-42)41-30-32-47-46-28-16-17-29-49(46)51(3,4)50(47)36-41/h5-37H,1-2H2,3-4H3/b8-7-,20-11+,34-19+,38-21+. The van der Waals surface area contributed by atoms with Crippen LogP contribution in [0, 0.1) is 0 Å². The summed E-state index contributed by atoms with van der Waals surface area (Å²) in [5.41, 5.74) is 15.7. The molecule has 0 aliphatic heterocycles. The van der Waals surface area contributed by atoms with Crippen molar-refractivity contribution in [3.05, 3.63) is 230 Å². The molecule has 0 amide bonds. The first-order valence-corrected chi connectivity index (χ1v) is 17.8. The summed E-state index contributed by atoms with van der Waals surface area (Å²) in [6.07, 6.45) is 17.8. The molecular formula is C51H43N. The number of hydrogen-bond donors (Lipinski definition) is 0. The zero-order chi connectivity index (χ0) is 35.9. The lowest BCUT2D eigenvalue weighted by Gasteiger charge is -2.23. The molecule has 0 heterocycles. The van der Waals surface area contributed by atoms with Gasteiger partial charge in [-0.25, -0.2) is 0 Å². The highest BCUT2D eigenvalue weighted by atomic mass is 15.1. The lowest BCUT2D eigenvalue weighted by atomic mass is 9.81. The third-order valence-corrected chi connectivity index (χ3v) is 9.90. The van der Waals surface area contributed by atoms with Crippen LogP contribution in [-0.2, 0) is 5.41 Å². The van der Waals surface area contributed by atoms with Gasteiger partial charge in [0.1, 0.15) is 0 Å². The van der Waals surface area contributed by atoms with E-state index in [0.717, 1.165) is 16.9 Å². The average molecular weight is 670 g/mol. The van der Waals surface area contributed by atoms with E-state index >= 15 is 0 Å². The second-order valence-corrected chi connectivity index (χ2v) is 13.5. The summed E-state index contributed by atoms with van der Waals surface area (Å²) in [7, 11) is 0. The molecule has 0 bridgehead atoms. The Hall–Kier alpha value is -6.44. The molecule has 6 aromatic rings. The second-order valence-electron chi connectivity index (χ2n) is 13.5. The minimum atomic E-state index is -0.0442. The molecule has 52 heavy (non-hydrogen) atoms. The van der Waals surface area contributed by atoms with Crippen molar-refractivity contribution in [1.29, 1.82) is 0 Å². The summed E-state index contributed by atoms with van der Waals surface area (Å²) in [4.78, 5) is 2.23. The van der Waals surface area contributed by atoms with Gasteiger partial charge in [-0.15, -0.1) is 0 Å². The van der Waals surface area contributed by atoms with Gasteiger partial charge in [0.2, 0.25) is 0 Å². The first-order chi connectivity index (χ1) is 25.5. The number of hydrogen-bond acceptors (Lipinski definition) is 1.